The first-order valence-corrected chi connectivity index (χ1v) is 6.63. The highest BCUT2D eigenvalue weighted by Gasteiger charge is 2.29. The van der Waals surface area contributed by atoms with E-state index in [0.717, 1.165) is 31.0 Å². The predicted molar refractivity (Wildman–Crippen MR) is 64.8 cm³/mol. The second-order valence-corrected chi connectivity index (χ2v) is 5.36. The first kappa shape index (κ1) is 12.6. The van der Waals surface area contributed by atoms with Crippen LogP contribution in [-0.4, -0.2) is 21.4 Å². The topological polar surface area (TPSA) is 59.2 Å². The van der Waals surface area contributed by atoms with Gasteiger partial charge in [-0.1, -0.05) is 19.0 Å². The number of aliphatic hydroxyl groups is 1. The molecule has 0 aliphatic heterocycles. The van der Waals surface area contributed by atoms with Crippen LogP contribution in [-0.2, 0) is 0 Å². The maximum atomic E-state index is 9.65. The van der Waals surface area contributed by atoms with Crippen molar-refractivity contribution < 1.29 is 9.63 Å². The summed E-state index contributed by atoms with van der Waals surface area (Å²) in [6.07, 6.45) is 3.95. The molecule has 1 fully saturated rings. The minimum Gasteiger partial charge on any atom is -0.393 e. The summed E-state index contributed by atoms with van der Waals surface area (Å²) in [5.41, 5.74) is 0. The fraction of sp³-hybridized carbons (Fsp3) is 0.846. The highest BCUT2D eigenvalue weighted by molar-refractivity contribution is 5.02. The summed E-state index contributed by atoms with van der Waals surface area (Å²) in [5.74, 6) is 2.62. The zero-order valence-corrected chi connectivity index (χ0v) is 10.9. The van der Waals surface area contributed by atoms with Crippen LogP contribution in [0.5, 0.6) is 0 Å². The molecule has 96 valence electrons. The van der Waals surface area contributed by atoms with E-state index in [1.54, 1.807) is 6.92 Å². The third-order valence-electron chi connectivity index (χ3n) is 3.86. The zero-order chi connectivity index (χ0) is 12.4. The quantitative estimate of drug-likeness (QED) is 0.876. The molecule has 1 N–H and O–H groups in total. The van der Waals surface area contributed by atoms with Crippen molar-refractivity contribution in [2.24, 2.45) is 5.92 Å². The van der Waals surface area contributed by atoms with E-state index in [1.807, 2.05) is 6.92 Å². The Morgan fingerprint density at radius 3 is 2.76 bits per heavy atom. The van der Waals surface area contributed by atoms with Gasteiger partial charge in [0.15, 0.2) is 5.82 Å². The van der Waals surface area contributed by atoms with E-state index in [2.05, 4.69) is 17.1 Å². The van der Waals surface area contributed by atoms with Crippen LogP contribution in [0.25, 0.3) is 0 Å². The molecule has 1 heterocycles. The SMILES string of the molecule is CCC(c1nc(C2CCC(C)C2)no1)C(C)O. The number of rotatable bonds is 4. The zero-order valence-electron chi connectivity index (χ0n) is 10.9. The third kappa shape index (κ3) is 2.68. The van der Waals surface area contributed by atoms with Gasteiger partial charge in [0.1, 0.15) is 0 Å². The Kier molecular flexibility index (Phi) is 3.82. The Balaban J connectivity index is 2.10. The lowest BCUT2D eigenvalue weighted by Gasteiger charge is -2.12. The molecule has 0 aromatic carbocycles. The van der Waals surface area contributed by atoms with Crippen molar-refractivity contribution in [1.82, 2.24) is 10.1 Å². The van der Waals surface area contributed by atoms with Gasteiger partial charge < -0.3 is 9.63 Å². The summed E-state index contributed by atoms with van der Waals surface area (Å²) in [6.45, 7) is 6.07. The number of nitrogens with zero attached hydrogens (tertiary/aromatic N) is 2. The van der Waals surface area contributed by atoms with Gasteiger partial charge in [-0.25, -0.2) is 0 Å². The minimum atomic E-state index is -0.434. The van der Waals surface area contributed by atoms with Crippen molar-refractivity contribution in [2.45, 2.75) is 64.4 Å². The highest BCUT2D eigenvalue weighted by Crippen LogP contribution is 2.37. The van der Waals surface area contributed by atoms with E-state index in [4.69, 9.17) is 4.52 Å². The maximum absolute atomic E-state index is 9.65. The molecule has 0 bridgehead atoms. The van der Waals surface area contributed by atoms with Crippen LogP contribution in [0.4, 0.5) is 0 Å². The number of aromatic nitrogens is 2. The molecule has 1 aromatic rings. The second-order valence-electron chi connectivity index (χ2n) is 5.36. The van der Waals surface area contributed by atoms with Gasteiger partial charge >= 0.3 is 0 Å². The largest absolute Gasteiger partial charge is 0.393 e. The van der Waals surface area contributed by atoms with Crippen LogP contribution in [0.3, 0.4) is 0 Å². The van der Waals surface area contributed by atoms with Gasteiger partial charge in [0.2, 0.25) is 5.89 Å². The Hall–Kier alpha value is -0.900. The van der Waals surface area contributed by atoms with Crippen molar-refractivity contribution in [3.8, 4) is 0 Å². The standard InChI is InChI=1S/C13H22N2O2/c1-4-11(9(3)16)13-14-12(15-17-13)10-6-5-8(2)7-10/h8-11,16H,4-7H2,1-3H3. The first-order chi connectivity index (χ1) is 8.11. The number of hydrogen-bond donors (Lipinski definition) is 1. The van der Waals surface area contributed by atoms with E-state index < -0.39 is 6.10 Å². The molecule has 4 atom stereocenters. The molecule has 4 nitrogen and oxygen atoms in total. The van der Waals surface area contributed by atoms with Gasteiger partial charge in [-0.15, -0.1) is 0 Å². The van der Waals surface area contributed by atoms with E-state index in [9.17, 15) is 5.11 Å². The third-order valence-corrected chi connectivity index (χ3v) is 3.86. The predicted octanol–water partition coefficient (Wildman–Crippen LogP) is 2.85. The van der Waals surface area contributed by atoms with Crippen LogP contribution in [0.2, 0.25) is 0 Å². The molecular weight excluding hydrogens is 216 g/mol. The lowest BCUT2D eigenvalue weighted by Crippen LogP contribution is -2.14. The Labute approximate surface area is 102 Å². The summed E-state index contributed by atoms with van der Waals surface area (Å²) in [6, 6.07) is 0. The molecule has 0 amide bonds. The molecule has 4 unspecified atom stereocenters. The maximum Gasteiger partial charge on any atom is 0.232 e. The Morgan fingerprint density at radius 1 is 1.47 bits per heavy atom. The van der Waals surface area contributed by atoms with Crippen LogP contribution in [0, 0.1) is 5.92 Å². The average molecular weight is 238 g/mol. The Morgan fingerprint density at radius 2 is 2.24 bits per heavy atom. The summed E-state index contributed by atoms with van der Waals surface area (Å²) in [4.78, 5) is 4.48. The van der Waals surface area contributed by atoms with Gasteiger partial charge in [-0.3, -0.25) is 0 Å². The molecule has 2 rings (SSSR count). The molecular formula is C13H22N2O2. The van der Waals surface area contributed by atoms with Gasteiger partial charge in [0, 0.05) is 5.92 Å². The Bertz CT molecular complexity index is 362. The fourth-order valence-electron chi connectivity index (χ4n) is 2.73. The molecule has 0 radical (unpaired) electrons. The molecule has 1 saturated carbocycles. The molecule has 1 aliphatic carbocycles. The smallest absolute Gasteiger partial charge is 0.232 e. The summed E-state index contributed by atoms with van der Waals surface area (Å²) < 4.78 is 5.31. The van der Waals surface area contributed by atoms with Crippen molar-refractivity contribution in [3.05, 3.63) is 11.7 Å². The lowest BCUT2D eigenvalue weighted by molar-refractivity contribution is 0.141. The molecule has 0 saturated heterocycles. The van der Waals surface area contributed by atoms with Crippen LogP contribution >= 0.6 is 0 Å². The van der Waals surface area contributed by atoms with Crippen LogP contribution < -0.4 is 0 Å². The normalized spacial score (nSPS) is 28.2. The van der Waals surface area contributed by atoms with E-state index >= 15 is 0 Å². The average Bonchev–Trinajstić information content (AvgIpc) is 2.87. The van der Waals surface area contributed by atoms with Gasteiger partial charge in [0.25, 0.3) is 0 Å². The number of aliphatic hydroxyl groups excluding tert-OH is 1. The molecule has 1 aromatic heterocycles. The van der Waals surface area contributed by atoms with Gasteiger partial charge in [-0.05, 0) is 38.5 Å². The van der Waals surface area contributed by atoms with E-state index in [1.165, 1.54) is 6.42 Å². The van der Waals surface area contributed by atoms with Crippen molar-refractivity contribution >= 4 is 0 Å². The van der Waals surface area contributed by atoms with Crippen molar-refractivity contribution in [3.63, 3.8) is 0 Å². The molecule has 0 spiro atoms. The molecule has 1 aliphatic rings. The van der Waals surface area contributed by atoms with Gasteiger partial charge in [0.05, 0.1) is 12.0 Å². The number of hydrogen-bond acceptors (Lipinski definition) is 4. The minimum absolute atomic E-state index is 0.0323. The van der Waals surface area contributed by atoms with Crippen LogP contribution in [0.1, 0.15) is 70.0 Å². The van der Waals surface area contributed by atoms with Crippen molar-refractivity contribution in [1.29, 1.82) is 0 Å². The van der Waals surface area contributed by atoms with E-state index in [0.29, 0.717) is 11.8 Å². The monoisotopic (exact) mass is 238 g/mol. The summed E-state index contributed by atoms with van der Waals surface area (Å²) >= 11 is 0. The van der Waals surface area contributed by atoms with Crippen molar-refractivity contribution in [2.75, 3.05) is 0 Å². The second kappa shape index (κ2) is 5.17. The lowest BCUT2D eigenvalue weighted by atomic mass is 10.0. The fourth-order valence-corrected chi connectivity index (χ4v) is 2.73. The molecule has 17 heavy (non-hydrogen) atoms. The summed E-state index contributed by atoms with van der Waals surface area (Å²) in [5, 5.41) is 13.7. The van der Waals surface area contributed by atoms with Gasteiger partial charge in [-0.2, -0.15) is 4.98 Å². The van der Waals surface area contributed by atoms with Crippen LogP contribution in [0.15, 0.2) is 4.52 Å². The van der Waals surface area contributed by atoms with E-state index in [-0.39, 0.29) is 5.92 Å². The molecule has 4 heteroatoms. The highest BCUT2D eigenvalue weighted by atomic mass is 16.5. The summed E-state index contributed by atoms with van der Waals surface area (Å²) in [7, 11) is 0. The first-order valence-electron chi connectivity index (χ1n) is 6.63.